The number of rotatable bonds is 4. The van der Waals surface area contributed by atoms with Gasteiger partial charge in [-0.05, 0) is 31.5 Å². The Labute approximate surface area is 102 Å². The van der Waals surface area contributed by atoms with Crippen molar-refractivity contribution in [3.8, 4) is 11.5 Å². The molecular weight excluding hydrogens is 216 g/mol. The van der Waals surface area contributed by atoms with E-state index in [9.17, 15) is 0 Å². The number of nitrogens with one attached hydrogen (secondary N) is 2. The molecule has 0 aliphatic carbocycles. The summed E-state index contributed by atoms with van der Waals surface area (Å²) in [5.74, 6) is 1.53. The highest BCUT2D eigenvalue weighted by Gasteiger charge is 2.13. The molecule has 4 nitrogen and oxygen atoms in total. The first kappa shape index (κ1) is 12.0. The van der Waals surface area contributed by atoms with Gasteiger partial charge < -0.3 is 20.1 Å². The molecule has 1 aromatic rings. The molecule has 0 bridgehead atoms. The summed E-state index contributed by atoms with van der Waals surface area (Å²) < 4.78 is 10.5. The second-order valence-electron chi connectivity index (χ2n) is 4.26. The van der Waals surface area contributed by atoms with Gasteiger partial charge in [-0.2, -0.15) is 0 Å². The molecule has 1 aromatic carbocycles. The Kier molecular flexibility index (Phi) is 4.09. The fraction of sp³-hybridized carbons (Fsp3) is 0.538. The first-order valence-corrected chi connectivity index (χ1v) is 6.03. The van der Waals surface area contributed by atoms with Crippen molar-refractivity contribution in [2.45, 2.75) is 18.9 Å². The predicted molar refractivity (Wildman–Crippen MR) is 69.1 cm³/mol. The van der Waals surface area contributed by atoms with Gasteiger partial charge in [0.2, 0.25) is 0 Å². The highest BCUT2D eigenvalue weighted by molar-refractivity contribution is 5.55. The van der Waals surface area contributed by atoms with E-state index in [-0.39, 0.29) is 0 Å². The van der Waals surface area contributed by atoms with Gasteiger partial charge in [0.25, 0.3) is 0 Å². The van der Waals surface area contributed by atoms with Crippen LogP contribution in [-0.4, -0.2) is 33.4 Å². The molecule has 0 aromatic heterocycles. The maximum absolute atomic E-state index is 5.29. The number of benzene rings is 1. The maximum atomic E-state index is 5.29. The molecule has 1 saturated heterocycles. The van der Waals surface area contributed by atoms with Crippen LogP contribution in [0.25, 0.3) is 0 Å². The first-order chi connectivity index (χ1) is 8.33. The van der Waals surface area contributed by atoms with E-state index in [0.29, 0.717) is 6.04 Å². The van der Waals surface area contributed by atoms with Crippen LogP contribution in [-0.2, 0) is 0 Å². The lowest BCUT2D eigenvalue weighted by atomic mass is 10.1. The summed E-state index contributed by atoms with van der Waals surface area (Å²) in [5.41, 5.74) is 1.08. The first-order valence-electron chi connectivity index (χ1n) is 6.03. The third-order valence-electron chi connectivity index (χ3n) is 3.05. The van der Waals surface area contributed by atoms with Gasteiger partial charge in [-0.25, -0.2) is 0 Å². The molecule has 1 aliphatic heterocycles. The normalized spacial score (nSPS) is 19.8. The number of methoxy groups -OCH3 is 2. The van der Waals surface area contributed by atoms with E-state index in [1.807, 2.05) is 18.2 Å². The van der Waals surface area contributed by atoms with Gasteiger partial charge in [0.1, 0.15) is 0 Å². The van der Waals surface area contributed by atoms with Gasteiger partial charge in [0.05, 0.1) is 14.2 Å². The van der Waals surface area contributed by atoms with Gasteiger partial charge in [-0.1, -0.05) is 0 Å². The minimum absolute atomic E-state index is 0.502. The van der Waals surface area contributed by atoms with Crippen molar-refractivity contribution in [2.75, 3.05) is 32.6 Å². The molecule has 1 fully saturated rings. The number of piperidine rings is 1. The molecule has 4 heteroatoms. The monoisotopic (exact) mass is 236 g/mol. The number of anilines is 1. The van der Waals surface area contributed by atoms with Crippen LogP contribution in [0.1, 0.15) is 12.8 Å². The maximum Gasteiger partial charge on any atom is 0.162 e. The van der Waals surface area contributed by atoms with Crippen LogP contribution >= 0.6 is 0 Å². The minimum atomic E-state index is 0.502. The lowest BCUT2D eigenvalue weighted by Crippen LogP contribution is -2.38. The standard InChI is InChI=1S/C13H20N2O2/c1-16-12-6-5-10(8-13(12)17-2)15-11-4-3-7-14-9-11/h5-6,8,11,14-15H,3-4,7,9H2,1-2H3/t11-/m1/s1. The van der Waals surface area contributed by atoms with E-state index < -0.39 is 0 Å². The van der Waals surface area contributed by atoms with Crippen LogP contribution in [0.15, 0.2) is 18.2 Å². The molecule has 1 heterocycles. The Morgan fingerprint density at radius 3 is 2.71 bits per heavy atom. The third kappa shape index (κ3) is 3.03. The van der Waals surface area contributed by atoms with E-state index in [1.54, 1.807) is 14.2 Å². The zero-order valence-corrected chi connectivity index (χ0v) is 10.5. The smallest absolute Gasteiger partial charge is 0.162 e. The van der Waals surface area contributed by atoms with Crippen molar-refractivity contribution in [3.05, 3.63) is 18.2 Å². The zero-order chi connectivity index (χ0) is 12.1. The molecule has 1 aliphatic rings. The van der Waals surface area contributed by atoms with Crippen molar-refractivity contribution in [3.63, 3.8) is 0 Å². The molecule has 0 unspecified atom stereocenters. The van der Waals surface area contributed by atoms with Crippen LogP contribution in [0.3, 0.4) is 0 Å². The fourth-order valence-electron chi connectivity index (χ4n) is 2.14. The number of ether oxygens (including phenoxy) is 2. The van der Waals surface area contributed by atoms with Crippen molar-refractivity contribution in [1.29, 1.82) is 0 Å². The van der Waals surface area contributed by atoms with Gasteiger partial charge in [-0.15, -0.1) is 0 Å². The average molecular weight is 236 g/mol. The largest absolute Gasteiger partial charge is 0.493 e. The SMILES string of the molecule is COc1ccc(N[C@@H]2CCCNC2)cc1OC. The van der Waals surface area contributed by atoms with E-state index in [0.717, 1.165) is 30.3 Å². The van der Waals surface area contributed by atoms with Crippen molar-refractivity contribution in [2.24, 2.45) is 0 Å². The molecule has 0 radical (unpaired) electrons. The molecule has 94 valence electrons. The predicted octanol–water partition coefficient (Wildman–Crippen LogP) is 1.87. The lowest BCUT2D eigenvalue weighted by molar-refractivity contribution is 0.355. The van der Waals surface area contributed by atoms with E-state index in [4.69, 9.17) is 9.47 Å². The molecule has 2 N–H and O–H groups in total. The zero-order valence-electron chi connectivity index (χ0n) is 10.5. The highest BCUT2D eigenvalue weighted by atomic mass is 16.5. The lowest BCUT2D eigenvalue weighted by Gasteiger charge is -2.25. The molecule has 1 atom stereocenters. The van der Waals surface area contributed by atoms with E-state index in [2.05, 4.69) is 10.6 Å². The fourth-order valence-corrected chi connectivity index (χ4v) is 2.14. The second kappa shape index (κ2) is 5.77. The Balaban J connectivity index is 2.05. The summed E-state index contributed by atoms with van der Waals surface area (Å²) in [6.45, 7) is 2.15. The van der Waals surface area contributed by atoms with Gasteiger partial charge in [-0.3, -0.25) is 0 Å². The van der Waals surface area contributed by atoms with Gasteiger partial charge in [0.15, 0.2) is 11.5 Å². The van der Waals surface area contributed by atoms with Gasteiger partial charge >= 0.3 is 0 Å². The second-order valence-corrected chi connectivity index (χ2v) is 4.26. The van der Waals surface area contributed by atoms with Crippen LogP contribution in [0.2, 0.25) is 0 Å². The van der Waals surface area contributed by atoms with Crippen molar-refractivity contribution < 1.29 is 9.47 Å². The number of hydrogen-bond acceptors (Lipinski definition) is 4. The van der Waals surface area contributed by atoms with Crippen LogP contribution in [0.5, 0.6) is 11.5 Å². The third-order valence-corrected chi connectivity index (χ3v) is 3.05. The van der Waals surface area contributed by atoms with Crippen LogP contribution in [0, 0.1) is 0 Å². The molecule has 0 spiro atoms. The minimum Gasteiger partial charge on any atom is -0.493 e. The van der Waals surface area contributed by atoms with Crippen LogP contribution in [0.4, 0.5) is 5.69 Å². The highest BCUT2D eigenvalue weighted by Crippen LogP contribution is 2.30. The molecule has 2 rings (SSSR count). The summed E-state index contributed by atoms with van der Waals surface area (Å²) in [6, 6.07) is 6.43. The quantitative estimate of drug-likeness (QED) is 0.837. The Hall–Kier alpha value is -1.42. The average Bonchev–Trinajstić information content (AvgIpc) is 2.40. The van der Waals surface area contributed by atoms with Crippen molar-refractivity contribution >= 4 is 5.69 Å². The summed E-state index contributed by atoms with van der Waals surface area (Å²) >= 11 is 0. The van der Waals surface area contributed by atoms with E-state index in [1.165, 1.54) is 12.8 Å². The summed E-state index contributed by atoms with van der Waals surface area (Å²) in [5, 5.41) is 6.90. The Bertz CT molecular complexity index is 362. The van der Waals surface area contributed by atoms with E-state index >= 15 is 0 Å². The summed E-state index contributed by atoms with van der Waals surface area (Å²) in [4.78, 5) is 0. The molecular formula is C13H20N2O2. The Morgan fingerprint density at radius 2 is 2.06 bits per heavy atom. The molecule has 0 saturated carbocycles. The summed E-state index contributed by atoms with van der Waals surface area (Å²) in [7, 11) is 3.31. The number of hydrogen-bond donors (Lipinski definition) is 2. The molecule has 0 amide bonds. The summed E-state index contributed by atoms with van der Waals surface area (Å²) in [6.07, 6.45) is 2.44. The van der Waals surface area contributed by atoms with Crippen LogP contribution < -0.4 is 20.1 Å². The van der Waals surface area contributed by atoms with Crippen molar-refractivity contribution in [1.82, 2.24) is 5.32 Å². The molecule has 17 heavy (non-hydrogen) atoms. The Morgan fingerprint density at radius 1 is 1.24 bits per heavy atom. The topological polar surface area (TPSA) is 42.5 Å². The van der Waals surface area contributed by atoms with Gasteiger partial charge in [0, 0.05) is 24.3 Å².